The van der Waals surface area contributed by atoms with E-state index in [1.807, 2.05) is 6.07 Å². The number of likely N-dealkylation sites (tertiary alicyclic amines) is 1. The Morgan fingerprint density at radius 1 is 1.35 bits per heavy atom. The zero-order chi connectivity index (χ0) is 18.9. The van der Waals surface area contributed by atoms with Gasteiger partial charge in [0.2, 0.25) is 0 Å². The summed E-state index contributed by atoms with van der Waals surface area (Å²) in [7, 11) is 1.80. The molecule has 2 rings (SSSR count). The molecule has 1 fully saturated rings. The SMILES string of the molecule is CN=C(NCc1cc(C(C)C)no1)NC1CCN(CCOC(C)C)CC1. The lowest BCUT2D eigenvalue weighted by Crippen LogP contribution is -2.48. The van der Waals surface area contributed by atoms with Crippen LogP contribution in [-0.4, -0.2) is 61.5 Å². The van der Waals surface area contributed by atoms with Crippen molar-refractivity contribution in [3.63, 3.8) is 0 Å². The van der Waals surface area contributed by atoms with E-state index in [9.17, 15) is 0 Å². The van der Waals surface area contributed by atoms with Crippen molar-refractivity contribution < 1.29 is 9.26 Å². The monoisotopic (exact) mass is 365 g/mol. The van der Waals surface area contributed by atoms with Gasteiger partial charge in [-0.25, -0.2) is 0 Å². The molecule has 1 aromatic rings. The minimum absolute atomic E-state index is 0.310. The second-order valence-corrected chi connectivity index (χ2v) is 7.48. The van der Waals surface area contributed by atoms with Crippen LogP contribution >= 0.6 is 0 Å². The highest BCUT2D eigenvalue weighted by Gasteiger charge is 2.20. The van der Waals surface area contributed by atoms with E-state index in [4.69, 9.17) is 9.26 Å². The van der Waals surface area contributed by atoms with Gasteiger partial charge in [-0.3, -0.25) is 4.99 Å². The van der Waals surface area contributed by atoms with Crippen LogP contribution in [0.3, 0.4) is 0 Å². The number of hydrogen-bond acceptors (Lipinski definition) is 5. The first-order valence-corrected chi connectivity index (χ1v) is 9.74. The lowest BCUT2D eigenvalue weighted by molar-refractivity contribution is 0.0532. The number of guanidine groups is 1. The van der Waals surface area contributed by atoms with Crippen LogP contribution in [0, 0.1) is 0 Å². The highest BCUT2D eigenvalue weighted by molar-refractivity contribution is 5.79. The van der Waals surface area contributed by atoms with Crippen LogP contribution in [0.2, 0.25) is 0 Å². The quantitative estimate of drug-likeness (QED) is 0.544. The molecular formula is C19H35N5O2. The second kappa shape index (κ2) is 10.5. The first kappa shape index (κ1) is 20.7. The first-order chi connectivity index (χ1) is 12.5. The molecular weight excluding hydrogens is 330 g/mol. The van der Waals surface area contributed by atoms with E-state index in [-0.39, 0.29) is 0 Å². The molecule has 0 aromatic carbocycles. The van der Waals surface area contributed by atoms with Crippen molar-refractivity contribution in [2.45, 2.75) is 65.1 Å². The van der Waals surface area contributed by atoms with Gasteiger partial charge in [0.25, 0.3) is 0 Å². The zero-order valence-electron chi connectivity index (χ0n) is 16.9. The Hall–Kier alpha value is -1.60. The fraction of sp³-hybridized carbons (Fsp3) is 0.789. The van der Waals surface area contributed by atoms with Crippen LogP contribution in [0.4, 0.5) is 0 Å². The van der Waals surface area contributed by atoms with E-state index in [2.05, 4.69) is 53.4 Å². The van der Waals surface area contributed by atoms with E-state index >= 15 is 0 Å². The third-order valence-electron chi connectivity index (χ3n) is 4.61. The van der Waals surface area contributed by atoms with Gasteiger partial charge in [-0.1, -0.05) is 19.0 Å². The molecule has 0 radical (unpaired) electrons. The smallest absolute Gasteiger partial charge is 0.191 e. The predicted octanol–water partition coefficient (Wildman–Crippen LogP) is 2.35. The summed E-state index contributed by atoms with van der Waals surface area (Å²) < 4.78 is 11.0. The summed E-state index contributed by atoms with van der Waals surface area (Å²) in [5.41, 5.74) is 0.985. The topological polar surface area (TPSA) is 74.9 Å². The van der Waals surface area contributed by atoms with Crippen LogP contribution in [0.5, 0.6) is 0 Å². The Morgan fingerprint density at radius 2 is 2.08 bits per heavy atom. The molecule has 7 heteroatoms. The molecule has 0 atom stereocenters. The molecule has 148 valence electrons. The van der Waals surface area contributed by atoms with Gasteiger partial charge in [-0.15, -0.1) is 0 Å². The third-order valence-corrected chi connectivity index (χ3v) is 4.61. The molecule has 0 spiro atoms. The van der Waals surface area contributed by atoms with E-state index in [1.165, 1.54) is 0 Å². The fourth-order valence-corrected chi connectivity index (χ4v) is 2.96. The van der Waals surface area contributed by atoms with Crippen molar-refractivity contribution in [2.24, 2.45) is 4.99 Å². The summed E-state index contributed by atoms with van der Waals surface area (Å²) in [6.07, 6.45) is 2.54. The zero-order valence-corrected chi connectivity index (χ0v) is 16.9. The van der Waals surface area contributed by atoms with E-state index < -0.39 is 0 Å². The van der Waals surface area contributed by atoms with Gasteiger partial charge < -0.3 is 24.8 Å². The molecule has 0 bridgehead atoms. The Bertz CT molecular complexity index is 548. The van der Waals surface area contributed by atoms with Gasteiger partial charge >= 0.3 is 0 Å². The van der Waals surface area contributed by atoms with Crippen LogP contribution in [-0.2, 0) is 11.3 Å². The molecule has 1 aromatic heterocycles. The molecule has 0 unspecified atom stereocenters. The maximum atomic E-state index is 5.64. The minimum Gasteiger partial charge on any atom is -0.377 e. The number of hydrogen-bond donors (Lipinski definition) is 2. The fourth-order valence-electron chi connectivity index (χ4n) is 2.96. The molecule has 2 N–H and O–H groups in total. The predicted molar refractivity (Wildman–Crippen MR) is 104 cm³/mol. The van der Waals surface area contributed by atoms with E-state index in [1.54, 1.807) is 7.05 Å². The molecule has 1 aliphatic rings. The van der Waals surface area contributed by atoms with Crippen molar-refractivity contribution in [1.82, 2.24) is 20.7 Å². The molecule has 0 saturated carbocycles. The number of nitrogens with one attached hydrogen (secondary N) is 2. The van der Waals surface area contributed by atoms with Crippen LogP contribution in [0.15, 0.2) is 15.6 Å². The maximum absolute atomic E-state index is 5.64. The molecule has 0 aliphatic carbocycles. The van der Waals surface area contributed by atoms with E-state index in [0.29, 0.717) is 24.6 Å². The summed E-state index contributed by atoms with van der Waals surface area (Å²) >= 11 is 0. The highest BCUT2D eigenvalue weighted by Crippen LogP contribution is 2.14. The molecule has 26 heavy (non-hydrogen) atoms. The largest absolute Gasteiger partial charge is 0.377 e. The standard InChI is InChI=1S/C19H35N5O2/c1-14(2)18-12-17(26-23-18)13-21-19(20-5)22-16-6-8-24(9-7-16)10-11-25-15(3)4/h12,14-16H,6-11,13H2,1-5H3,(H2,20,21,22). The Morgan fingerprint density at radius 3 is 2.65 bits per heavy atom. The minimum atomic E-state index is 0.310. The number of piperidine rings is 1. The van der Waals surface area contributed by atoms with Crippen molar-refractivity contribution in [3.05, 3.63) is 17.5 Å². The number of aromatic nitrogens is 1. The Labute approximate surface area is 157 Å². The first-order valence-electron chi connectivity index (χ1n) is 9.74. The van der Waals surface area contributed by atoms with Crippen LogP contribution in [0.25, 0.3) is 0 Å². The number of nitrogens with zero attached hydrogens (tertiary/aromatic N) is 3. The Balaban J connectivity index is 1.68. The second-order valence-electron chi connectivity index (χ2n) is 7.48. The normalized spacial score (nSPS) is 17.3. The molecule has 0 amide bonds. The van der Waals surface area contributed by atoms with E-state index in [0.717, 1.165) is 56.5 Å². The van der Waals surface area contributed by atoms with Gasteiger partial charge in [0, 0.05) is 38.8 Å². The summed E-state index contributed by atoms with van der Waals surface area (Å²) in [6, 6.07) is 2.45. The van der Waals surface area contributed by atoms with Gasteiger partial charge in [0.1, 0.15) is 0 Å². The van der Waals surface area contributed by atoms with Crippen molar-refractivity contribution in [1.29, 1.82) is 0 Å². The average Bonchev–Trinajstić information content (AvgIpc) is 3.09. The molecule has 7 nitrogen and oxygen atoms in total. The molecule has 2 heterocycles. The van der Waals surface area contributed by atoms with Gasteiger partial charge in [-0.2, -0.15) is 0 Å². The number of rotatable bonds is 8. The van der Waals surface area contributed by atoms with Crippen LogP contribution in [0.1, 0.15) is 57.9 Å². The Kier molecular flexibility index (Phi) is 8.38. The molecule has 1 saturated heterocycles. The summed E-state index contributed by atoms with van der Waals surface area (Å²) in [4.78, 5) is 6.80. The van der Waals surface area contributed by atoms with Gasteiger partial charge in [0.05, 0.1) is 24.9 Å². The summed E-state index contributed by atoms with van der Waals surface area (Å²) in [5, 5.41) is 10.9. The molecule has 1 aliphatic heterocycles. The number of ether oxygens (including phenoxy) is 1. The maximum Gasteiger partial charge on any atom is 0.191 e. The van der Waals surface area contributed by atoms with Gasteiger partial charge in [0.15, 0.2) is 11.7 Å². The summed E-state index contributed by atoms with van der Waals surface area (Å²) in [5.74, 6) is 2.02. The number of aliphatic imine (C=N–C) groups is 1. The highest BCUT2D eigenvalue weighted by atomic mass is 16.5. The van der Waals surface area contributed by atoms with Crippen LogP contribution < -0.4 is 10.6 Å². The average molecular weight is 366 g/mol. The lowest BCUT2D eigenvalue weighted by atomic mass is 10.1. The summed E-state index contributed by atoms with van der Waals surface area (Å²) in [6.45, 7) is 13.0. The van der Waals surface area contributed by atoms with Gasteiger partial charge in [-0.05, 0) is 32.6 Å². The van der Waals surface area contributed by atoms with Crippen molar-refractivity contribution in [2.75, 3.05) is 33.3 Å². The van der Waals surface area contributed by atoms with Crippen molar-refractivity contribution >= 4 is 5.96 Å². The van der Waals surface area contributed by atoms with Crippen molar-refractivity contribution in [3.8, 4) is 0 Å². The lowest BCUT2D eigenvalue weighted by Gasteiger charge is -2.33. The third kappa shape index (κ3) is 6.96.